The van der Waals surface area contributed by atoms with E-state index in [1.807, 2.05) is 12.2 Å². The number of nitrogens with one attached hydrogen (secondary N) is 1. The molecular weight excluding hydrogens is 154 g/mol. The highest BCUT2D eigenvalue weighted by Gasteiger charge is 2.08. The van der Waals surface area contributed by atoms with E-state index in [2.05, 4.69) is 9.73 Å². The van der Waals surface area contributed by atoms with Gasteiger partial charge in [-0.2, -0.15) is 0 Å². The average molecular weight is 165 g/mol. The minimum Gasteiger partial charge on any atom is -0.481 e. The summed E-state index contributed by atoms with van der Waals surface area (Å²) in [6.07, 6.45) is 6.82. The van der Waals surface area contributed by atoms with Crippen molar-refractivity contribution in [1.82, 2.24) is 0 Å². The van der Waals surface area contributed by atoms with Gasteiger partial charge in [0, 0.05) is 18.0 Å². The summed E-state index contributed by atoms with van der Waals surface area (Å²) in [7, 11) is 1.43. The lowest BCUT2D eigenvalue weighted by atomic mass is 10.2. The molecule has 64 valence electrons. The molecule has 0 spiro atoms. The molecular formula is C8H11N3O. The van der Waals surface area contributed by atoms with Crippen LogP contribution in [0.1, 0.15) is 0 Å². The van der Waals surface area contributed by atoms with Crippen molar-refractivity contribution < 1.29 is 4.74 Å². The summed E-state index contributed by atoms with van der Waals surface area (Å²) in [4.78, 5) is 4.04. The predicted molar refractivity (Wildman–Crippen MR) is 48.4 cm³/mol. The second-order valence-corrected chi connectivity index (χ2v) is 2.34. The molecule has 0 aromatic rings. The summed E-state index contributed by atoms with van der Waals surface area (Å²) in [5, 5.41) is 7.18. The van der Waals surface area contributed by atoms with E-state index in [1.165, 1.54) is 13.2 Å². The molecule has 1 aliphatic rings. The molecule has 0 amide bonds. The van der Waals surface area contributed by atoms with Crippen molar-refractivity contribution in [3.63, 3.8) is 0 Å². The molecule has 12 heavy (non-hydrogen) atoms. The number of methoxy groups -OCH3 is 1. The molecule has 1 rings (SSSR count). The molecule has 1 unspecified atom stereocenters. The Kier molecular flexibility index (Phi) is 2.63. The van der Waals surface area contributed by atoms with Crippen LogP contribution in [0.15, 0.2) is 28.9 Å². The van der Waals surface area contributed by atoms with E-state index in [1.54, 1.807) is 6.21 Å². The number of allylic oxidation sites excluding steroid dienone is 1. The van der Waals surface area contributed by atoms with Crippen molar-refractivity contribution in [3.05, 3.63) is 23.9 Å². The van der Waals surface area contributed by atoms with Gasteiger partial charge in [0.15, 0.2) is 0 Å². The standard InChI is InChI=1S/C8H11N3O/c1-12-8(10)5-6(9)7-3-2-4-11-7/h2-5,7,10H,9H2,1H3/b6-5-,10-8?. The molecule has 4 heteroatoms. The van der Waals surface area contributed by atoms with E-state index in [-0.39, 0.29) is 11.9 Å². The largest absolute Gasteiger partial charge is 0.481 e. The second kappa shape index (κ2) is 3.71. The molecule has 3 N–H and O–H groups in total. The summed E-state index contributed by atoms with van der Waals surface area (Å²) < 4.78 is 4.63. The normalized spacial score (nSPS) is 21.4. The van der Waals surface area contributed by atoms with Crippen LogP contribution in [0.2, 0.25) is 0 Å². The van der Waals surface area contributed by atoms with Gasteiger partial charge in [0.25, 0.3) is 0 Å². The smallest absolute Gasteiger partial charge is 0.207 e. The highest BCUT2D eigenvalue weighted by molar-refractivity contribution is 5.86. The van der Waals surface area contributed by atoms with Gasteiger partial charge in [-0.3, -0.25) is 10.4 Å². The summed E-state index contributed by atoms with van der Waals surface area (Å²) >= 11 is 0. The van der Waals surface area contributed by atoms with E-state index in [9.17, 15) is 0 Å². The zero-order valence-corrected chi connectivity index (χ0v) is 6.82. The Balaban J connectivity index is 2.63. The molecule has 4 nitrogen and oxygen atoms in total. The first kappa shape index (κ1) is 8.52. The Labute approximate surface area is 70.9 Å². The number of nitrogens with two attached hydrogens (primary N) is 1. The molecule has 0 saturated heterocycles. The molecule has 1 aliphatic heterocycles. The van der Waals surface area contributed by atoms with Crippen LogP contribution < -0.4 is 5.73 Å². The Morgan fingerprint density at radius 1 is 1.75 bits per heavy atom. The first-order valence-corrected chi connectivity index (χ1v) is 3.53. The molecule has 0 aromatic carbocycles. The fourth-order valence-electron chi connectivity index (χ4n) is 0.840. The minimum atomic E-state index is -0.125. The molecule has 1 atom stereocenters. The fourth-order valence-corrected chi connectivity index (χ4v) is 0.840. The third-order valence-corrected chi connectivity index (χ3v) is 1.49. The Morgan fingerprint density at radius 2 is 2.50 bits per heavy atom. The highest BCUT2D eigenvalue weighted by atomic mass is 16.5. The summed E-state index contributed by atoms with van der Waals surface area (Å²) in [5.74, 6) is 0.0444. The van der Waals surface area contributed by atoms with Crippen LogP contribution in [-0.2, 0) is 4.74 Å². The Hall–Kier alpha value is -1.58. The molecule has 0 bridgehead atoms. The third-order valence-electron chi connectivity index (χ3n) is 1.49. The van der Waals surface area contributed by atoms with Crippen molar-refractivity contribution in [3.8, 4) is 0 Å². The van der Waals surface area contributed by atoms with Crippen molar-refractivity contribution in [2.45, 2.75) is 6.04 Å². The molecule has 0 radical (unpaired) electrons. The van der Waals surface area contributed by atoms with Crippen LogP contribution in [0.4, 0.5) is 0 Å². The van der Waals surface area contributed by atoms with Crippen molar-refractivity contribution in [2.75, 3.05) is 7.11 Å². The first-order chi connectivity index (χ1) is 5.74. The zero-order chi connectivity index (χ0) is 8.97. The van der Waals surface area contributed by atoms with Crippen LogP contribution in [0, 0.1) is 5.41 Å². The van der Waals surface area contributed by atoms with Crippen LogP contribution in [0.25, 0.3) is 0 Å². The molecule has 0 aromatic heterocycles. The van der Waals surface area contributed by atoms with E-state index >= 15 is 0 Å². The van der Waals surface area contributed by atoms with Crippen LogP contribution in [-0.4, -0.2) is 25.3 Å². The monoisotopic (exact) mass is 165 g/mol. The van der Waals surface area contributed by atoms with Gasteiger partial charge in [-0.05, 0) is 6.08 Å². The predicted octanol–water partition coefficient (Wildman–Crippen LogP) is 0.462. The number of aliphatic imine (C=N–C) groups is 1. The minimum absolute atomic E-state index is 0.0444. The van der Waals surface area contributed by atoms with Gasteiger partial charge in [-0.25, -0.2) is 0 Å². The van der Waals surface area contributed by atoms with Gasteiger partial charge in [0.2, 0.25) is 5.90 Å². The van der Waals surface area contributed by atoms with Crippen molar-refractivity contribution in [2.24, 2.45) is 10.7 Å². The lowest BCUT2D eigenvalue weighted by molar-refractivity contribution is 0.403. The second-order valence-electron chi connectivity index (χ2n) is 2.34. The third kappa shape index (κ3) is 1.95. The maximum absolute atomic E-state index is 7.18. The van der Waals surface area contributed by atoms with E-state index in [0.29, 0.717) is 5.70 Å². The SMILES string of the molecule is COC(=N)/C=C(\N)C1C=CC=N1. The number of hydrogen-bond acceptors (Lipinski definition) is 4. The van der Waals surface area contributed by atoms with Gasteiger partial charge in [0.1, 0.15) is 6.04 Å². The Morgan fingerprint density at radius 3 is 3.00 bits per heavy atom. The summed E-state index contributed by atoms with van der Waals surface area (Å²) in [6, 6.07) is -0.125. The van der Waals surface area contributed by atoms with Crippen LogP contribution >= 0.6 is 0 Å². The number of nitrogens with zero attached hydrogens (tertiary/aromatic N) is 1. The summed E-state index contributed by atoms with van der Waals surface area (Å²) in [5.41, 5.74) is 6.15. The molecule has 1 heterocycles. The molecule has 0 fully saturated rings. The fraction of sp³-hybridized carbons (Fsp3) is 0.250. The summed E-state index contributed by atoms with van der Waals surface area (Å²) in [6.45, 7) is 0. The van der Waals surface area contributed by atoms with Gasteiger partial charge in [0.05, 0.1) is 7.11 Å². The lowest BCUT2D eigenvalue weighted by Gasteiger charge is -2.04. The zero-order valence-electron chi connectivity index (χ0n) is 6.82. The number of rotatable bonds is 2. The highest BCUT2D eigenvalue weighted by Crippen LogP contribution is 2.06. The average Bonchev–Trinajstić information content (AvgIpc) is 2.56. The quantitative estimate of drug-likeness (QED) is 0.461. The topological polar surface area (TPSA) is 71.5 Å². The number of hydrogen-bond donors (Lipinski definition) is 2. The first-order valence-electron chi connectivity index (χ1n) is 3.53. The van der Waals surface area contributed by atoms with Gasteiger partial charge >= 0.3 is 0 Å². The maximum atomic E-state index is 7.18. The molecule has 0 saturated carbocycles. The maximum Gasteiger partial charge on any atom is 0.207 e. The van der Waals surface area contributed by atoms with Crippen LogP contribution in [0.5, 0.6) is 0 Å². The van der Waals surface area contributed by atoms with Crippen molar-refractivity contribution in [1.29, 1.82) is 5.41 Å². The molecule has 0 aliphatic carbocycles. The Bertz CT molecular complexity index is 253. The van der Waals surface area contributed by atoms with Gasteiger partial charge in [-0.15, -0.1) is 0 Å². The van der Waals surface area contributed by atoms with Crippen molar-refractivity contribution >= 4 is 12.1 Å². The van der Waals surface area contributed by atoms with E-state index in [4.69, 9.17) is 11.1 Å². The lowest BCUT2D eigenvalue weighted by Crippen LogP contribution is -2.13. The van der Waals surface area contributed by atoms with Gasteiger partial charge in [-0.1, -0.05) is 6.08 Å². The van der Waals surface area contributed by atoms with E-state index in [0.717, 1.165) is 0 Å². The van der Waals surface area contributed by atoms with Crippen LogP contribution in [0.3, 0.4) is 0 Å². The van der Waals surface area contributed by atoms with Gasteiger partial charge < -0.3 is 10.5 Å². The number of ether oxygens (including phenoxy) is 1. The van der Waals surface area contributed by atoms with E-state index < -0.39 is 0 Å².